The summed E-state index contributed by atoms with van der Waals surface area (Å²) in [5.41, 5.74) is 1.98. The van der Waals surface area contributed by atoms with Gasteiger partial charge in [0.05, 0.1) is 12.8 Å². The lowest BCUT2D eigenvalue weighted by molar-refractivity contribution is -0.115. The van der Waals surface area contributed by atoms with Gasteiger partial charge in [0.25, 0.3) is 5.91 Å². The van der Waals surface area contributed by atoms with E-state index in [1.54, 1.807) is 24.3 Å². The first kappa shape index (κ1) is 16.3. The van der Waals surface area contributed by atoms with Crippen LogP contribution in [0.5, 0.6) is 0 Å². The Bertz CT molecular complexity index is 723. The number of carbonyl (C=O) groups is 3. The Morgan fingerprint density at radius 3 is 2.57 bits per heavy atom. The summed E-state index contributed by atoms with van der Waals surface area (Å²) < 4.78 is 4.93. The summed E-state index contributed by atoms with van der Waals surface area (Å²) in [5.74, 6) is -0.902. The summed E-state index contributed by atoms with van der Waals surface area (Å²) in [6, 6.07) is 8.27. The molecule has 2 rings (SSSR count). The van der Waals surface area contributed by atoms with E-state index in [0.29, 0.717) is 11.4 Å². The minimum Gasteiger partial charge on any atom is -0.459 e. The fourth-order valence-electron chi connectivity index (χ4n) is 1.89. The first-order valence-corrected chi connectivity index (χ1v) is 6.95. The smallest absolute Gasteiger partial charge is 0.287 e. The van der Waals surface area contributed by atoms with Crippen molar-refractivity contribution >= 4 is 29.1 Å². The van der Waals surface area contributed by atoms with E-state index in [1.807, 2.05) is 6.92 Å². The number of carbonyl (C=O) groups excluding carboxylic acids is 3. The molecule has 0 atom stereocenters. The molecule has 0 saturated heterocycles. The molecule has 7 nitrogen and oxygen atoms in total. The number of hydrogen-bond acceptors (Lipinski definition) is 4. The number of benzene rings is 1. The van der Waals surface area contributed by atoms with E-state index in [2.05, 4.69) is 16.0 Å². The van der Waals surface area contributed by atoms with E-state index in [9.17, 15) is 14.4 Å². The van der Waals surface area contributed by atoms with Crippen LogP contribution in [0.25, 0.3) is 0 Å². The standard InChI is InChI=1S/C16H17N3O4/c1-10-5-6-12(18-11(2)20)8-13(10)19-15(21)9-17-16(22)14-4-3-7-23-14/h3-8H,9H2,1-2H3,(H,17,22)(H,18,20)(H,19,21). The number of furan rings is 1. The molecule has 3 N–H and O–H groups in total. The van der Waals surface area contributed by atoms with Crippen LogP contribution < -0.4 is 16.0 Å². The molecule has 1 aromatic carbocycles. The first-order valence-electron chi connectivity index (χ1n) is 6.95. The van der Waals surface area contributed by atoms with Gasteiger partial charge in [-0.2, -0.15) is 0 Å². The van der Waals surface area contributed by atoms with E-state index in [0.717, 1.165) is 5.56 Å². The summed E-state index contributed by atoms with van der Waals surface area (Å²) in [6.07, 6.45) is 1.38. The van der Waals surface area contributed by atoms with Crippen molar-refractivity contribution in [3.8, 4) is 0 Å². The molecule has 0 unspecified atom stereocenters. The molecule has 1 heterocycles. The van der Waals surface area contributed by atoms with E-state index in [4.69, 9.17) is 4.42 Å². The maximum atomic E-state index is 11.9. The van der Waals surface area contributed by atoms with Crippen LogP contribution in [0.2, 0.25) is 0 Å². The van der Waals surface area contributed by atoms with Gasteiger partial charge in [-0.05, 0) is 36.8 Å². The second-order valence-corrected chi connectivity index (χ2v) is 4.92. The molecule has 0 spiro atoms. The fourth-order valence-corrected chi connectivity index (χ4v) is 1.89. The number of aryl methyl sites for hydroxylation is 1. The van der Waals surface area contributed by atoms with Gasteiger partial charge in [-0.15, -0.1) is 0 Å². The number of rotatable bonds is 5. The highest BCUT2D eigenvalue weighted by Crippen LogP contribution is 2.20. The highest BCUT2D eigenvalue weighted by Gasteiger charge is 2.11. The lowest BCUT2D eigenvalue weighted by Crippen LogP contribution is -2.32. The van der Waals surface area contributed by atoms with E-state index >= 15 is 0 Å². The van der Waals surface area contributed by atoms with Crippen molar-refractivity contribution in [2.24, 2.45) is 0 Å². The van der Waals surface area contributed by atoms with Crippen molar-refractivity contribution in [3.05, 3.63) is 47.9 Å². The van der Waals surface area contributed by atoms with Gasteiger partial charge in [-0.25, -0.2) is 0 Å². The van der Waals surface area contributed by atoms with Crippen LogP contribution in [0.4, 0.5) is 11.4 Å². The van der Waals surface area contributed by atoms with Gasteiger partial charge in [0.15, 0.2) is 5.76 Å². The molecule has 23 heavy (non-hydrogen) atoms. The molecule has 0 bridgehead atoms. The molecule has 2 aromatic rings. The zero-order valence-electron chi connectivity index (χ0n) is 12.8. The number of nitrogens with one attached hydrogen (secondary N) is 3. The van der Waals surface area contributed by atoms with Gasteiger partial charge in [0.2, 0.25) is 11.8 Å². The van der Waals surface area contributed by atoms with Gasteiger partial charge in [-0.3, -0.25) is 14.4 Å². The van der Waals surface area contributed by atoms with Crippen molar-refractivity contribution in [2.45, 2.75) is 13.8 Å². The highest BCUT2D eigenvalue weighted by atomic mass is 16.3. The molecule has 0 aliphatic carbocycles. The molecule has 120 valence electrons. The lowest BCUT2D eigenvalue weighted by atomic mass is 10.1. The monoisotopic (exact) mass is 315 g/mol. The Hall–Kier alpha value is -3.09. The molecular weight excluding hydrogens is 298 g/mol. The molecule has 3 amide bonds. The van der Waals surface area contributed by atoms with Gasteiger partial charge in [0, 0.05) is 18.3 Å². The van der Waals surface area contributed by atoms with E-state index in [1.165, 1.54) is 19.3 Å². The zero-order valence-corrected chi connectivity index (χ0v) is 12.8. The van der Waals surface area contributed by atoms with Crippen molar-refractivity contribution in [2.75, 3.05) is 17.2 Å². The Labute approximate surface area is 133 Å². The zero-order chi connectivity index (χ0) is 16.8. The lowest BCUT2D eigenvalue weighted by Gasteiger charge is -2.11. The molecule has 0 aliphatic heterocycles. The second-order valence-electron chi connectivity index (χ2n) is 4.92. The number of amides is 3. The Morgan fingerprint density at radius 1 is 1.13 bits per heavy atom. The normalized spacial score (nSPS) is 10.0. The van der Waals surface area contributed by atoms with Crippen molar-refractivity contribution < 1.29 is 18.8 Å². The van der Waals surface area contributed by atoms with Crippen LogP contribution in [-0.4, -0.2) is 24.3 Å². The third-order valence-corrected chi connectivity index (χ3v) is 2.99. The van der Waals surface area contributed by atoms with Gasteiger partial charge in [-0.1, -0.05) is 6.07 Å². The summed E-state index contributed by atoms with van der Waals surface area (Å²) in [5, 5.41) is 7.79. The fraction of sp³-hybridized carbons (Fsp3) is 0.188. The number of anilines is 2. The van der Waals surface area contributed by atoms with Gasteiger partial charge < -0.3 is 20.4 Å². The minimum absolute atomic E-state index is 0.140. The van der Waals surface area contributed by atoms with Crippen LogP contribution in [0.15, 0.2) is 41.0 Å². The second kappa shape index (κ2) is 7.26. The van der Waals surface area contributed by atoms with Crippen molar-refractivity contribution in [3.63, 3.8) is 0 Å². The van der Waals surface area contributed by atoms with E-state index < -0.39 is 5.91 Å². The molecule has 7 heteroatoms. The highest BCUT2D eigenvalue weighted by molar-refractivity contribution is 5.99. The number of hydrogen-bond donors (Lipinski definition) is 3. The Morgan fingerprint density at radius 2 is 1.91 bits per heavy atom. The molecule has 0 aliphatic rings. The van der Waals surface area contributed by atoms with Crippen LogP contribution in [-0.2, 0) is 9.59 Å². The van der Waals surface area contributed by atoms with Crippen molar-refractivity contribution in [1.29, 1.82) is 0 Å². The maximum absolute atomic E-state index is 11.9. The molecule has 0 fully saturated rings. The first-order chi connectivity index (χ1) is 11.0. The van der Waals surface area contributed by atoms with E-state index in [-0.39, 0.29) is 24.1 Å². The largest absolute Gasteiger partial charge is 0.459 e. The topological polar surface area (TPSA) is 100 Å². The minimum atomic E-state index is -0.464. The predicted molar refractivity (Wildman–Crippen MR) is 85.2 cm³/mol. The van der Waals surface area contributed by atoms with Crippen LogP contribution in [0.3, 0.4) is 0 Å². The predicted octanol–water partition coefficient (Wildman–Crippen LogP) is 1.91. The molecule has 0 saturated carbocycles. The quantitative estimate of drug-likeness (QED) is 0.784. The third kappa shape index (κ3) is 4.70. The van der Waals surface area contributed by atoms with Gasteiger partial charge >= 0.3 is 0 Å². The third-order valence-electron chi connectivity index (χ3n) is 2.99. The summed E-state index contributed by atoms with van der Waals surface area (Å²) in [6.45, 7) is 3.04. The SMILES string of the molecule is CC(=O)Nc1ccc(C)c(NC(=O)CNC(=O)c2ccco2)c1. The summed E-state index contributed by atoms with van der Waals surface area (Å²) >= 11 is 0. The van der Waals surface area contributed by atoms with Crippen LogP contribution in [0, 0.1) is 6.92 Å². The van der Waals surface area contributed by atoms with Gasteiger partial charge in [0.1, 0.15) is 0 Å². The van der Waals surface area contributed by atoms with Crippen LogP contribution in [0.1, 0.15) is 23.0 Å². The average molecular weight is 315 g/mol. The molecule has 0 radical (unpaired) electrons. The molecule has 1 aromatic heterocycles. The maximum Gasteiger partial charge on any atom is 0.287 e. The Kier molecular flexibility index (Phi) is 5.14. The summed E-state index contributed by atoms with van der Waals surface area (Å²) in [7, 11) is 0. The van der Waals surface area contributed by atoms with Crippen molar-refractivity contribution in [1.82, 2.24) is 5.32 Å². The van der Waals surface area contributed by atoms with Crippen LogP contribution >= 0.6 is 0 Å². The summed E-state index contributed by atoms with van der Waals surface area (Å²) in [4.78, 5) is 34.7. The average Bonchev–Trinajstić information content (AvgIpc) is 3.02. The molecular formula is C16H17N3O4. The Balaban J connectivity index is 1.94.